The van der Waals surface area contributed by atoms with Gasteiger partial charge in [0.2, 0.25) is 0 Å². The predicted octanol–water partition coefficient (Wildman–Crippen LogP) is 20.2. The summed E-state index contributed by atoms with van der Waals surface area (Å²) in [5.74, 6) is 0. The van der Waals surface area contributed by atoms with Gasteiger partial charge in [0.15, 0.2) is 0 Å². The molecule has 0 aliphatic carbocycles. The van der Waals surface area contributed by atoms with E-state index in [-0.39, 0.29) is 0 Å². The first-order valence-electron chi connectivity index (χ1n) is 26.3. The lowest BCUT2D eigenvalue weighted by Crippen LogP contribution is -2.54. The molecule has 0 saturated carbocycles. The molecule has 1 aliphatic rings. The molecule has 0 radical (unpaired) electrons. The minimum Gasteiger partial charge on any atom is -0.143 e. The molecule has 4 aromatic heterocycles. The normalized spacial score (nSPS) is 13.4. The van der Waals surface area contributed by atoms with Crippen LogP contribution in [0, 0.1) is 0 Å². The molecule has 5 heterocycles. The van der Waals surface area contributed by atoms with Crippen molar-refractivity contribution < 1.29 is 0 Å². The van der Waals surface area contributed by atoms with Gasteiger partial charge in [-0.2, -0.15) is 0 Å². The first-order chi connectivity index (χ1) is 29.2. The third-order valence-electron chi connectivity index (χ3n) is 14.1. The van der Waals surface area contributed by atoms with Gasteiger partial charge < -0.3 is 0 Å². The molecule has 0 spiro atoms. The van der Waals surface area contributed by atoms with Crippen molar-refractivity contribution in [3.8, 4) is 9.75 Å². The highest BCUT2D eigenvalue weighted by atomic mass is 32.1. The van der Waals surface area contributed by atoms with Crippen LogP contribution in [0.15, 0.2) is 10.8 Å². The van der Waals surface area contributed by atoms with E-state index in [4.69, 9.17) is 0 Å². The van der Waals surface area contributed by atoms with Gasteiger partial charge in [-0.25, -0.2) is 0 Å². The fourth-order valence-electron chi connectivity index (χ4n) is 10.5. The Morgan fingerprint density at radius 3 is 0.898 bits per heavy atom. The van der Waals surface area contributed by atoms with Crippen molar-refractivity contribution in [2.45, 2.75) is 271 Å². The Hall–Kier alpha value is -0.463. The Labute approximate surface area is 382 Å². The molecular weight excluding hydrogens is 805 g/mol. The molecule has 0 saturated heterocycles. The molecule has 1 aliphatic heterocycles. The van der Waals surface area contributed by atoms with Crippen LogP contribution in [0.5, 0.6) is 0 Å². The summed E-state index contributed by atoms with van der Waals surface area (Å²) >= 11 is 8.89. The summed E-state index contributed by atoms with van der Waals surface area (Å²) in [6.07, 6.45) is 51.2. The lowest BCUT2D eigenvalue weighted by molar-refractivity contribution is 0.550. The third-order valence-corrected chi connectivity index (χ3v) is 25.2. The molecule has 0 amide bonds. The second kappa shape index (κ2) is 29.1. The van der Waals surface area contributed by atoms with Crippen LogP contribution in [0.2, 0.25) is 12.1 Å². The average molecular weight is 896 g/mol. The smallest absolute Gasteiger partial charge is 0.125 e. The maximum Gasteiger partial charge on any atom is 0.125 e. The number of rotatable bonds is 38. The molecule has 0 unspecified atom stereocenters. The van der Waals surface area contributed by atoms with E-state index in [1.807, 2.05) is 10.4 Å². The van der Waals surface area contributed by atoms with E-state index >= 15 is 0 Å². The van der Waals surface area contributed by atoms with Crippen molar-refractivity contribution in [1.82, 2.24) is 0 Å². The average Bonchev–Trinajstić information content (AvgIpc) is 4.05. The van der Waals surface area contributed by atoms with Gasteiger partial charge in [0.05, 0.1) is 0 Å². The SMILES string of the molecule is CCCCCCCCCCCCCc1csc2c3c(sc12)-c1sc2c(CCCCCCCCCCCCC)csc2c1[Si]3(CCCCCCCC)CCCCCCCC. The van der Waals surface area contributed by atoms with E-state index in [9.17, 15) is 0 Å². The van der Waals surface area contributed by atoms with Crippen LogP contribution in [0.3, 0.4) is 0 Å². The van der Waals surface area contributed by atoms with Gasteiger partial charge in [-0.1, -0.05) is 233 Å². The topological polar surface area (TPSA) is 0 Å². The Morgan fingerprint density at radius 1 is 0.322 bits per heavy atom. The van der Waals surface area contributed by atoms with Crippen molar-refractivity contribution in [1.29, 1.82) is 0 Å². The van der Waals surface area contributed by atoms with Crippen molar-refractivity contribution in [2.75, 3.05) is 0 Å². The standard InChI is InChI=1S/C54H90S4Si/c1-5-9-13-17-21-23-25-27-29-31-35-39-45-43-55-49-47(45)57-51-52-54(59(53(49)51,41-37-33-19-15-11-7-3)42-38-34-20-16-12-8-4)50-48(58-52)46(44-56-50)40-36-32-30-28-26-24-22-18-14-10-6-2/h43-44H,5-42H2,1-4H3. The van der Waals surface area contributed by atoms with E-state index < -0.39 is 8.07 Å². The number of fused-ring (bicyclic) bond motifs is 7. The highest BCUT2D eigenvalue weighted by Crippen LogP contribution is 2.51. The number of thiophene rings is 4. The summed E-state index contributed by atoms with van der Waals surface area (Å²) in [5.41, 5.74) is 3.42. The van der Waals surface area contributed by atoms with Crippen molar-refractivity contribution in [2.24, 2.45) is 0 Å². The molecule has 0 fully saturated rings. The van der Waals surface area contributed by atoms with Crippen molar-refractivity contribution in [3.05, 3.63) is 21.9 Å². The fraction of sp³-hybridized carbons (Fsp3) is 0.778. The molecule has 59 heavy (non-hydrogen) atoms. The van der Waals surface area contributed by atoms with E-state index in [1.54, 1.807) is 39.7 Å². The Kier molecular flexibility index (Phi) is 24.4. The summed E-state index contributed by atoms with van der Waals surface area (Å²) in [6.45, 7) is 9.39. The monoisotopic (exact) mass is 895 g/mol. The number of aryl methyl sites for hydroxylation is 2. The highest BCUT2D eigenvalue weighted by molar-refractivity contribution is 7.41. The second-order valence-electron chi connectivity index (χ2n) is 19.1. The van der Waals surface area contributed by atoms with Gasteiger partial charge in [0.25, 0.3) is 0 Å². The van der Waals surface area contributed by atoms with Gasteiger partial charge >= 0.3 is 0 Å². The molecule has 5 heteroatoms. The minimum atomic E-state index is -1.90. The first kappa shape index (κ1) is 49.6. The van der Waals surface area contributed by atoms with Crippen LogP contribution >= 0.6 is 45.3 Å². The maximum atomic E-state index is 2.63. The van der Waals surface area contributed by atoms with E-state index in [2.05, 4.69) is 83.8 Å². The zero-order valence-electron chi connectivity index (χ0n) is 39.2. The maximum absolute atomic E-state index is 2.63. The van der Waals surface area contributed by atoms with Crippen LogP contribution in [-0.2, 0) is 12.8 Å². The molecule has 0 atom stereocenters. The molecule has 0 nitrogen and oxygen atoms in total. The predicted molar refractivity (Wildman–Crippen MR) is 280 cm³/mol. The molecular formula is C54H90S4Si. The number of hydrogen-bond acceptors (Lipinski definition) is 4. The van der Waals surface area contributed by atoms with Crippen LogP contribution in [0.25, 0.3) is 28.6 Å². The Bertz CT molecular complexity index is 1540. The number of unbranched alkanes of at least 4 members (excludes halogenated alkanes) is 30. The van der Waals surface area contributed by atoms with Gasteiger partial charge in [0, 0.05) is 28.6 Å². The molecule has 5 rings (SSSR count). The van der Waals surface area contributed by atoms with Gasteiger partial charge in [-0.3, -0.25) is 0 Å². The van der Waals surface area contributed by atoms with Gasteiger partial charge in [-0.05, 0) is 70.0 Å². The number of hydrogen-bond donors (Lipinski definition) is 0. The largest absolute Gasteiger partial charge is 0.143 e. The van der Waals surface area contributed by atoms with E-state index in [0.717, 1.165) is 0 Å². The fourth-order valence-corrected chi connectivity index (χ4v) is 24.5. The van der Waals surface area contributed by atoms with Crippen molar-refractivity contribution >= 4 is 82.6 Å². The lowest BCUT2D eigenvalue weighted by Gasteiger charge is -2.29. The Balaban J connectivity index is 1.30. The van der Waals surface area contributed by atoms with E-state index in [1.165, 1.54) is 243 Å². The second-order valence-corrected chi connectivity index (χ2v) is 27.1. The van der Waals surface area contributed by atoms with Gasteiger partial charge in [0.1, 0.15) is 8.07 Å². The summed E-state index contributed by atoms with van der Waals surface area (Å²) < 4.78 is 6.97. The summed E-state index contributed by atoms with van der Waals surface area (Å²) in [5, 5.41) is 9.17. The van der Waals surface area contributed by atoms with E-state index in [0.29, 0.717) is 0 Å². The molecule has 0 bridgehead atoms. The minimum absolute atomic E-state index is 1.30. The summed E-state index contributed by atoms with van der Waals surface area (Å²) in [7, 11) is -1.90. The summed E-state index contributed by atoms with van der Waals surface area (Å²) in [4.78, 5) is 3.56. The van der Waals surface area contributed by atoms with Crippen LogP contribution in [-0.4, -0.2) is 8.07 Å². The lowest BCUT2D eigenvalue weighted by atomic mass is 10.0. The molecule has 0 aromatic carbocycles. The zero-order valence-corrected chi connectivity index (χ0v) is 43.4. The van der Waals surface area contributed by atoms with Crippen LogP contribution in [0.4, 0.5) is 0 Å². The molecule has 4 aromatic rings. The Morgan fingerprint density at radius 2 is 0.593 bits per heavy atom. The van der Waals surface area contributed by atoms with Crippen molar-refractivity contribution in [3.63, 3.8) is 0 Å². The van der Waals surface area contributed by atoms with Crippen LogP contribution < -0.4 is 10.4 Å². The zero-order chi connectivity index (χ0) is 41.4. The summed E-state index contributed by atoms with van der Waals surface area (Å²) in [6, 6.07) is 3.01. The first-order valence-corrected chi connectivity index (χ1v) is 32.1. The highest BCUT2D eigenvalue weighted by Gasteiger charge is 2.50. The molecule has 0 N–H and O–H groups in total. The molecule has 334 valence electrons. The van der Waals surface area contributed by atoms with Gasteiger partial charge in [-0.15, -0.1) is 45.3 Å². The third kappa shape index (κ3) is 14.8. The quantitative estimate of drug-likeness (QED) is 0.0311. The van der Waals surface area contributed by atoms with Crippen LogP contribution in [0.1, 0.15) is 257 Å².